The second kappa shape index (κ2) is 7.62. The van der Waals surface area contributed by atoms with E-state index in [4.69, 9.17) is 4.98 Å². The third-order valence-electron chi connectivity index (χ3n) is 5.38. The number of nitrogens with zero attached hydrogens (tertiary/aromatic N) is 4. The van der Waals surface area contributed by atoms with Crippen molar-refractivity contribution in [1.29, 1.82) is 0 Å². The van der Waals surface area contributed by atoms with Crippen LogP contribution >= 0.6 is 0 Å². The van der Waals surface area contributed by atoms with Gasteiger partial charge in [0.05, 0.1) is 23.1 Å². The van der Waals surface area contributed by atoms with Crippen LogP contribution in [0.25, 0.3) is 16.6 Å². The van der Waals surface area contributed by atoms with E-state index in [-0.39, 0.29) is 5.56 Å². The molecule has 0 bridgehead atoms. The maximum absolute atomic E-state index is 13.4. The molecule has 5 nitrogen and oxygen atoms in total. The third-order valence-corrected chi connectivity index (χ3v) is 5.38. The average molecular weight is 362 g/mol. The minimum absolute atomic E-state index is 0.0110. The molecule has 3 aromatic rings. The smallest absolute Gasteiger partial charge is 0.266 e. The molecule has 27 heavy (non-hydrogen) atoms. The van der Waals surface area contributed by atoms with Gasteiger partial charge in [0.2, 0.25) is 0 Å². The normalized spacial score (nSPS) is 16.5. The van der Waals surface area contributed by atoms with Gasteiger partial charge in [0.15, 0.2) is 0 Å². The molecule has 1 aromatic heterocycles. The number of para-hydroxylation sites is 2. The van der Waals surface area contributed by atoms with E-state index in [0.717, 1.165) is 55.2 Å². The Morgan fingerprint density at radius 2 is 1.74 bits per heavy atom. The van der Waals surface area contributed by atoms with Gasteiger partial charge in [-0.25, -0.2) is 4.98 Å². The first kappa shape index (κ1) is 17.9. The Balaban J connectivity index is 1.84. The lowest BCUT2D eigenvalue weighted by atomic mass is 10.1. The quantitative estimate of drug-likeness (QED) is 0.718. The van der Waals surface area contributed by atoms with E-state index in [2.05, 4.69) is 16.8 Å². The maximum Gasteiger partial charge on any atom is 0.266 e. The fraction of sp³-hybridized carbons (Fsp3) is 0.364. The highest BCUT2D eigenvalue weighted by atomic mass is 16.1. The monoisotopic (exact) mass is 362 g/mol. The van der Waals surface area contributed by atoms with Crippen LogP contribution in [0.5, 0.6) is 0 Å². The predicted molar refractivity (Wildman–Crippen MR) is 109 cm³/mol. The highest BCUT2D eigenvalue weighted by Gasteiger charge is 2.18. The molecule has 2 heterocycles. The van der Waals surface area contributed by atoms with Crippen LogP contribution in [-0.2, 0) is 6.54 Å². The molecular weight excluding hydrogens is 336 g/mol. The Kier molecular flexibility index (Phi) is 5.05. The summed E-state index contributed by atoms with van der Waals surface area (Å²) in [6.07, 6.45) is 1.14. The molecule has 5 heteroatoms. The van der Waals surface area contributed by atoms with Gasteiger partial charge in [-0.15, -0.1) is 0 Å². The van der Waals surface area contributed by atoms with Crippen molar-refractivity contribution in [3.8, 4) is 5.69 Å². The van der Waals surface area contributed by atoms with Crippen LogP contribution in [0.4, 0.5) is 0 Å². The Hall–Kier alpha value is -2.50. The van der Waals surface area contributed by atoms with Crippen molar-refractivity contribution in [3.63, 3.8) is 0 Å². The van der Waals surface area contributed by atoms with Crippen molar-refractivity contribution in [3.05, 3.63) is 70.3 Å². The molecule has 0 spiro atoms. The summed E-state index contributed by atoms with van der Waals surface area (Å²) < 4.78 is 1.81. The fourth-order valence-corrected chi connectivity index (χ4v) is 3.81. The van der Waals surface area contributed by atoms with Gasteiger partial charge in [0.1, 0.15) is 5.82 Å². The van der Waals surface area contributed by atoms with Crippen LogP contribution in [-0.4, -0.2) is 52.6 Å². The molecule has 0 saturated carbocycles. The van der Waals surface area contributed by atoms with Crippen LogP contribution in [0, 0.1) is 6.92 Å². The maximum atomic E-state index is 13.4. The van der Waals surface area contributed by atoms with E-state index < -0.39 is 0 Å². The second-order valence-electron chi connectivity index (χ2n) is 7.41. The molecule has 140 valence electrons. The fourth-order valence-electron chi connectivity index (χ4n) is 3.81. The number of hydrogen-bond acceptors (Lipinski definition) is 4. The van der Waals surface area contributed by atoms with Crippen LogP contribution in [0.15, 0.2) is 53.3 Å². The number of hydrogen-bond donors (Lipinski definition) is 0. The van der Waals surface area contributed by atoms with Crippen LogP contribution < -0.4 is 5.56 Å². The largest absolute Gasteiger partial charge is 0.305 e. The van der Waals surface area contributed by atoms with E-state index >= 15 is 0 Å². The molecule has 1 saturated heterocycles. The van der Waals surface area contributed by atoms with E-state index in [0.29, 0.717) is 11.9 Å². The van der Waals surface area contributed by atoms with E-state index in [9.17, 15) is 4.79 Å². The highest BCUT2D eigenvalue weighted by Crippen LogP contribution is 2.18. The predicted octanol–water partition coefficient (Wildman–Crippen LogP) is 2.83. The first-order valence-electron chi connectivity index (χ1n) is 9.61. The molecule has 0 radical (unpaired) electrons. The first-order chi connectivity index (χ1) is 13.1. The zero-order chi connectivity index (χ0) is 18.8. The number of benzene rings is 2. The van der Waals surface area contributed by atoms with Gasteiger partial charge in [-0.2, -0.15) is 0 Å². The topological polar surface area (TPSA) is 41.4 Å². The summed E-state index contributed by atoms with van der Waals surface area (Å²) in [5.41, 5.74) is 2.78. The van der Waals surface area contributed by atoms with Gasteiger partial charge in [-0.3, -0.25) is 14.3 Å². The Morgan fingerprint density at radius 3 is 2.59 bits per heavy atom. The number of fused-ring (bicyclic) bond motifs is 1. The van der Waals surface area contributed by atoms with Crippen LogP contribution in [0.2, 0.25) is 0 Å². The molecule has 0 atom stereocenters. The molecule has 0 amide bonds. The molecule has 0 aliphatic carbocycles. The number of aromatic nitrogens is 2. The van der Waals surface area contributed by atoms with Gasteiger partial charge in [0, 0.05) is 13.1 Å². The molecular formula is C22H26N4O. The van der Waals surface area contributed by atoms with Crippen molar-refractivity contribution in [2.24, 2.45) is 0 Å². The van der Waals surface area contributed by atoms with Gasteiger partial charge >= 0.3 is 0 Å². The van der Waals surface area contributed by atoms with Crippen molar-refractivity contribution < 1.29 is 0 Å². The Labute approximate surface area is 159 Å². The standard InChI is InChI=1S/C22H26N4O/c1-17-8-3-6-11-20(17)26-21(16-25-13-7-12-24(2)14-15-25)23-19-10-5-4-9-18(19)22(26)27/h3-6,8-11H,7,12-16H2,1-2H3. The minimum Gasteiger partial charge on any atom is -0.305 e. The number of rotatable bonds is 3. The second-order valence-corrected chi connectivity index (χ2v) is 7.41. The minimum atomic E-state index is 0.0110. The summed E-state index contributed by atoms with van der Waals surface area (Å²) in [7, 11) is 2.17. The molecule has 0 N–H and O–H groups in total. The van der Waals surface area contributed by atoms with Crippen LogP contribution in [0.1, 0.15) is 17.8 Å². The molecule has 1 aliphatic heterocycles. The van der Waals surface area contributed by atoms with Crippen molar-refractivity contribution >= 4 is 10.9 Å². The van der Waals surface area contributed by atoms with E-state index in [1.807, 2.05) is 60.0 Å². The molecule has 1 fully saturated rings. The van der Waals surface area contributed by atoms with Crippen molar-refractivity contribution in [2.75, 3.05) is 33.2 Å². The molecule has 1 aliphatic rings. The summed E-state index contributed by atoms with van der Waals surface area (Å²) in [4.78, 5) is 23.0. The summed E-state index contributed by atoms with van der Waals surface area (Å²) in [5.74, 6) is 0.817. The molecule has 2 aromatic carbocycles. The van der Waals surface area contributed by atoms with Gasteiger partial charge in [-0.05, 0) is 57.2 Å². The van der Waals surface area contributed by atoms with Crippen molar-refractivity contribution in [1.82, 2.24) is 19.4 Å². The Bertz CT molecular complexity index is 1010. The van der Waals surface area contributed by atoms with Crippen molar-refractivity contribution in [2.45, 2.75) is 19.9 Å². The van der Waals surface area contributed by atoms with E-state index in [1.165, 1.54) is 0 Å². The van der Waals surface area contributed by atoms with Crippen LogP contribution in [0.3, 0.4) is 0 Å². The average Bonchev–Trinajstić information content (AvgIpc) is 2.87. The Morgan fingerprint density at radius 1 is 0.963 bits per heavy atom. The zero-order valence-corrected chi connectivity index (χ0v) is 16.1. The number of aryl methyl sites for hydroxylation is 1. The van der Waals surface area contributed by atoms with Gasteiger partial charge < -0.3 is 4.90 Å². The highest BCUT2D eigenvalue weighted by molar-refractivity contribution is 5.77. The summed E-state index contributed by atoms with van der Waals surface area (Å²) in [6.45, 7) is 6.91. The molecule has 0 unspecified atom stereocenters. The SMILES string of the molecule is Cc1ccccc1-n1c(CN2CCCN(C)CC2)nc2ccccc2c1=O. The summed E-state index contributed by atoms with van der Waals surface area (Å²) >= 11 is 0. The molecule has 4 rings (SSSR count). The van der Waals surface area contributed by atoms with Gasteiger partial charge in [0.25, 0.3) is 5.56 Å². The number of likely N-dealkylation sites (N-methyl/N-ethyl adjacent to an activating group) is 1. The third kappa shape index (κ3) is 3.66. The lowest BCUT2D eigenvalue weighted by molar-refractivity contribution is 0.261. The summed E-state index contributed by atoms with van der Waals surface area (Å²) in [6, 6.07) is 15.7. The lowest BCUT2D eigenvalue weighted by Crippen LogP contribution is -2.33. The zero-order valence-electron chi connectivity index (χ0n) is 16.1. The van der Waals surface area contributed by atoms with E-state index in [1.54, 1.807) is 0 Å². The summed E-state index contributed by atoms with van der Waals surface area (Å²) in [5, 5.41) is 0.667. The van der Waals surface area contributed by atoms with Gasteiger partial charge in [-0.1, -0.05) is 30.3 Å². The lowest BCUT2D eigenvalue weighted by Gasteiger charge is -2.22. The first-order valence-corrected chi connectivity index (χ1v) is 9.61.